The molecule has 58 heavy (non-hydrogen) atoms. The van der Waals surface area contributed by atoms with Gasteiger partial charge in [-0.15, -0.1) is 0 Å². The zero-order chi connectivity index (χ0) is 40.9. The molecular formula is C39H34F7N7O5. The number of hydrogen-bond acceptors (Lipinski definition) is 10. The number of rotatable bonds is 11. The van der Waals surface area contributed by atoms with E-state index in [9.17, 15) is 40.3 Å². The Hall–Kier alpha value is -5.98. The molecule has 3 aromatic carbocycles. The largest absolute Gasteiger partial charge is 0.491 e. The van der Waals surface area contributed by atoms with E-state index in [0.29, 0.717) is 34.6 Å². The summed E-state index contributed by atoms with van der Waals surface area (Å²) in [6.07, 6.45) is -7.88. The molecule has 5 heterocycles. The molecule has 12 nitrogen and oxygen atoms in total. The Morgan fingerprint density at radius 3 is 2.50 bits per heavy atom. The maximum absolute atomic E-state index is 14.6. The number of anilines is 2. The molecule has 0 amide bonds. The topological polar surface area (TPSA) is 125 Å². The van der Waals surface area contributed by atoms with Gasteiger partial charge >= 0.3 is 12.4 Å². The number of ether oxygens (including phenoxy) is 3. The number of fused-ring (bicyclic) bond motifs is 2. The summed E-state index contributed by atoms with van der Waals surface area (Å²) in [5.41, 5.74) is 0.254. The number of nitrogens with one attached hydrogen (secondary N) is 1. The summed E-state index contributed by atoms with van der Waals surface area (Å²) in [6.45, 7) is -1.40. The van der Waals surface area contributed by atoms with Crippen LogP contribution in [0.5, 0.6) is 11.5 Å². The van der Waals surface area contributed by atoms with Gasteiger partial charge in [-0.2, -0.15) is 31.4 Å². The van der Waals surface area contributed by atoms with Gasteiger partial charge in [0.1, 0.15) is 55.8 Å². The molecule has 3 aliphatic heterocycles. The first-order chi connectivity index (χ1) is 27.7. The van der Waals surface area contributed by atoms with Gasteiger partial charge < -0.3 is 29.0 Å². The molecular weight excluding hydrogens is 779 g/mol. The quantitative estimate of drug-likeness (QED) is 0.118. The molecule has 0 aliphatic carbocycles. The van der Waals surface area contributed by atoms with Crippen LogP contribution < -0.4 is 25.2 Å². The maximum atomic E-state index is 14.6. The first-order valence-electron chi connectivity index (χ1n) is 18.2. The number of pyridine rings is 1. The van der Waals surface area contributed by atoms with Crippen molar-refractivity contribution in [2.45, 2.75) is 37.3 Å². The Morgan fingerprint density at radius 1 is 0.983 bits per heavy atom. The molecule has 0 fully saturated rings. The van der Waals surface area contributed by atoms with E-state index in [-0.39, 0.29) is 80.8 Å². The van der Waals surface area contributed by atoms with Crippen LogP contribution in [0.1, 0.15) is 51.3 Å². The molecule has 2 aromatic heterocycles. The molecule has 0 saturated carbocycles. The lowest BCUT2D eigenvalue weighted by Gasteiger charge is -2.37. The maximum Gasteiger partial charge on any atom is 0.417 e. The molecule has 0 bridgehead atoms. The van der Waals surface area contributed by atoms with Gasteiger partial charge in [-0.3, -0.25) is 19.3 Å². The van der Waals surface area contributed by atoms with Crippen molar-refractivity contribution < 1.29 is 49.7 Å². The van der Waals surface area contributed by atoms with Gasteiger partial charge in [-0.25, -0.2) is 9.37 Å². The van der Waals surface area contributed by atoms with Crippen LogP contribution in [0.4, 0.5) is 42.1 Å². The molecule has 0 radical (unpaired) electrons. The van der Waals surface area contributed by atoms with E-state index in [2.05, 4.69) is 20.4 Å². The minimum atomic E-state index is -4.94. The van der Waals surface area contributed by atoms with Gasteiger partial charge in [-0.1, -0.05) is 12.1 Å². The molecule has 0 unspecified atom stereocenters. The van der Waals surface area contributed by atoms with Crippen LogP contribution in [0.15, 0.2) is 70.7 Å². The lowest BCUT2D eigenvalue weighted by molar-refractivity contribution is -0.136. The number of ketones is 1. The minimum Gasteiger partial charge on any atom is -0.491 e. The Labute approximate surface area is 324 Å². The second-order valence-electron chi connectivity index (χ2n) is 14.0. The third-order valence-electron chi connectivity index (χ3n) is 10.2. The highest BCUT2D eigenvalue weighted by Crippen LogP contribution is 2.45. The highest BCUT2D eigenvalue weighted by atomic mass is 19.4. The number of halogens is 7. The predicted octanol–water partition coefficient (Wildman–Crippen LogP) is 6.47. The summed E-state index contributed by atoms with van der Waals surface area (Å²) >= 11 is 0. The third kappa shape index (κ3) is 7.57. The number of nitrogens with zero attached hydrogens (tertiary/aromatic N) is 6. The number of carbonyl (C=O) groups excluding carboxylic acids is 1. The van der Waals surface area contributed by atoms with Gasteiger partial charge in [0.2, 0.25) is 0 Å². The van der Waals surface area contributed by atoms with E-state index < -0.39 is 53.2 Å². The van der Waals surface area contributed by atoms with Crippen LogP contribution in [0.2, 0.25) is 0 Å². The highest BCUT2D eigenvalue weighted by Gasteiger charge is 2.42. The molecule has 0 saturated heterocycles. The first-order valence-corrected chi connectivity index (χ1v) is 18.2. The summed E-state index contributed by atoms with van der Waals surface area (Å²) in [5, 5.41) is 7.21. The third-order valence-corrected chi connectivity index (χ3v) is 10.2. The second-order valence-corrected chi connectivity index (χ2v) is 14.0. The van der Waals surface area contributed by atoms with Crippen molar-refractivity contribution in [2.75, 3.05) is 56.3 Å². The van der Waals surface area contributed by atoms with E-state index in [4.69, 9.17) is 14.2 Å². The number of aromatic nitrogens is 4. The van der Waals surface area contributed by atoms with Crippen molar-refractivity contribution in [2.24, 2.45) is 12.0 Å². The molecule has 19 heteroatoms. The Kier molecular flexibility index (Phi) is 10.1. The predicted molar refractivity (Wildman–Crippen MR) is 197 cm³/mol. The van der Waals surface area contributed by atoms with Crippen LogP contribution in [0.3, 0.4) is 0 Å². The highest BCUT2D eigenvalue weighted by molar-refractivity contribution is 6.21. The fourth-order valence-electron chi connectivity index (χ4n) is 7.74. The lowest BCUT2D eigenvalue weighted by Crippen LogP contribution is -2.39. The molecule has 5 aromatic rings. The normalized spacial score (nSPS) is 17.7. The standard InChI is InChI=1S/C39H34F7N7O5/c1-51-37(48-20-49-51)34-35(50-27-14-22(40)13-25-30(54)18-47-36(34)33(25)27)21-3-5-23(6-4-21)57-12-11-56-9-2-7-53-28-17-31-29(52(8-10-58-31)19-38(41,42)43)15-24(28)26(16-32(53)55)39(44,45)46/h3-6,13-17,20,34-35,50H,2,7-12,18-19H2,1H3/t34-,35-/m1/s1. The number of benzene rings is 3. The Morgan fingerprint density at radius 2 is 1.78 bits per heavy atom. The van der Waals surface area contributed by atoms with E-state index >= 15 is 0 Å². The summed E-state index contributed by atoms with van der Waals surface area (Å²) in [7, 11) is 1.76. The van der Waals surface area contributed by atoms with Gasteiger partial charge in [0.05, 0.1) is 47.6 Å². The average molecular weight is 814 g/mol. The van der Waals surface area contributed by atoms with Crippen LogP contribution in [-0.4, -0.2) is 83.1 Å². The summed E-state index contributed by atoms with van der Waals surface area (Å²) in [4.78, 5) is 35.6. The second kappa shape index (κ2) is 15.1. The van der Waals surface area contributed by atoms with E-state index in [1.54, 1.807) is 23.9 Å². The van der Waals surface area contributed by atoms with Crippen LogP contribution >= 0.6 is 0 Å². The van der Waals surface area contributed by atoms with Gasteiger partial charge in [0.15, 0.2) is 5.78 Å². The van der Waals surface area contributed by atoms with Gasteiger partial charge in [-0.05, 0) is 42.3 Å². The van der Waals surface area contributed by atoms with E-state index in [0.717, 1.165) is 21.1 Å². The molecule has 2 atom stereocenters. The fourth-order valence-corrected chi connectivity index (χ4v) is 7.74. The van der Waals surface area contributed by atoms with Crippen molar-refractivity contribution in [1.29, 1.82) is 0 Å². The molecule has 8 rings (SSSR count). The molecule has 1 N–H and O–H groups in total. The lowest BCUT2D eigenvalue weighted by atomic mass is 9.78. The summed E-state index contributed by atoms with van der Waals surface area (Å²) < 4.78 is 116. The van der Waals surface area contributed by atoms with Crippen LogP contribution in [-0.2, 0) is 24.5 Å². The molecule has 0 spiro atoms. The Balaban J connectivity index is 0.910. The summed E-state index contributed by atoms with van der Waals surface area (Å²) in [5.74, 6) is -0.202. The first kappa shape index (κ1) is 38.9. The van der Waals surface area contributed by atoms with Gasteiger partial charge in [0, 0.05) is 54.5 Å². The number of alkyl halides is 6. The number of aryl methyl sites for hydroxylation is 2. The van der Waals surface area contributed by atoms with Crippen molar-refractivity contribution in [3.63, 3.8) is 0 Å². The minimum absolute atomic E-state index is 0.0352. The number of hydrogen-bond donors (Lipinski definition) is 1. The molecule has 3 aliphatic rings. The average Bonchev–Trinajstić information content (AvgIpc) is 3.59. The van der Waals surface area contributed by atoms with E-state index in [1.807, 2.05) is 12.1 Å². The monoisotopic (exact) mass is 813 g/mol. The number of aliphatic imine (C=N–C) groups is 1. The summed E-state index contributed by atoms with van der Waals surface area (Å²) in [6, 6.07) is 12.0. The fraction of sp³-hybridized carbons (Fsp3) is 0.359. The molecule has 304 valence electrons. The SMILES string of the molecule is Cn1ncnc1[C@H]1C2=NCC(=O)c3cc(F)cc(c32)N[C@@H]1c1ccc(OCCOCCCn2c(=O)cc(C(F)(F)F)c3cc4c(cc32)OCCN4CC(F)(F)F)cc1. The zero-order valence-electron chi connectivity index (χ0n) is 30.7. The zero-order valence-corrected chi connectivity index (χ0v) is 30.7. The van der Waals surface area contributed by atoms with Crippen LogP contribution in [0.25, 0.3) is 10.9 Å². The number of carbonyl (C=O) groups is 1. The smallest absolute Gasteiger partial charge is 0.417 e. The van der Waals surface area contributed by atoms with Gasteiger partial charge in [0.25, 0.3) is 5.56 Å². The number of Topliss-reactive ketones (excluding diaryl/α,β-unsaturated/α-hetero) is 1. The van der Waals surface area contributed by atoms with Crippen molar-refractivity contribution in [3.05, 3.63) is 105 Å². The van der Waals surface area contributed by atoms with Crippen molar-refractivity contribution in [3.8, 4) is 11.5 Å². The van der Waals surface area contributed by atoms with Crippen LogP contribution in [0, 0.1) is 5.82 Å². The van der Waals surface area contributed by atoms with Crippen molar-refractivity contribution >= 4 is 33.8 Å². The Bertz CT molecular complexity index is 2480. The van der Waals surface area contributed by atoms with Crippen molar-refractivity contribution in [1.82, 2.24) is 19.3 Å². The van der Waals surface area contributed by atoms with E-state index in [1.165, 1.54) is 24.5 Å².